The van der Waals surface area contributed by atoms with Crippen molar-refractivity contribution in [2.75, 3.05) is 5.73 Å². The number of esters is 1. The molecule has 1 amide bonds. The largest absolute Gasteiger partial charge is 0.449 e. The van der Waals surface area contributed by atoms with Crippen LogP contribution in [0.4, 0.5) is 5.69 Å². The van der Waals surface area contributed by atoms with Gasteiger partial charge in [-0.3, -0.25) is 4.79 Å². The molecule has 0 radical (unpaired) electrons. The summed E-state index contributed by atoms with van der Waals surface area (Å²) in [5.41, 5.74) is 4.96. The van der Waals surface area contributed by atoms with Gasteiger partial charge in [0.1, 0.15) is 5.54 Å². The summed E-state index contributed by atoms with van der Waals surface area (Å²) >= 11 is 5.77. The van der Waals surface area contributed by atoms with E-state index in [1.165, 1.54) is 25.1 Å². The molecule has 0 spiro atoms. The topological polar surface area (TPSA) is 105 Å². The Morgan fingerprint density at radius 1 is 1.39 bits per heavy atom. The standard InChI is InChI=1S/C16H20ClN3O3/c1-9(2)16(4,8-18)20-14(21)10(3)23-15(22)12-6-5-11(17)7-13(12)19/h5-7,9-10H,19H2,1-4H3,(H,20,21). The number of nitrogens with one attached hydrogen (secondary N) is 1. The second-order valence-corrected chi connectivity index (χ2v) is 6.17. The number of amides is 1. The molecule has 23 heavy (non-hydrogen) atoms. The Hall–Kier alpha value is -2.26. The molecule has 1 rings (SSSR count). The van der Waals surface area contributed by atoms with Crippen LogP contribution in [0.3, 0.4) is 0 Å². The van der Waals surface area contributed by atoms with Gasteiger partial charge in [-0.25, -0.2) is 4.79 Å². The highest BCUT2D eigenvalue weighted by Gasteiger charge is 2.32. The summed E-state index contributed by atoms with van der Waals surface area (Å²) in [4.78, 5) is 24.2. The maximum atomic E-state index is 12.1. The molecule has 1 aromatic carbocycles. The van der Waals surface area contributed by atoms with Gasteiger partial charge in [0.05, 0.1) is 11.6 Å². The molecule has 0 aliphatic carbocycles. The van der Waals surface area contributed by atoms with Gasteiger partial charge in [0.25, 0.3) is 5.91 Å². The van der Waals surface area contributed by atoms with Crippen molar-refractivity contribution in [2.45, 2.75) is 39.3 Å². The van der Waals surface area contributed by atoms with Crippen molar-refractivity contribution < 1.29 is 14.3 Å². The Balaban J connectivity index is 2.79. The van der Waals surface area contributed by atoms with Crippen LogP contribution < -0.4 is 11.1 Å². The molecular weight excluding hydrogens is 318 g/mol. The average molecular weight is 338 g/mol. The third kappa shape index (κ3) is 4.60. The molecule has 2 unspecified atom stereocenters. The fourth-order valence-electron chi connectivity index (χ4n) is 1.66. The first-order chi connectivity index (χ1) is 10.6. The van der Waals surface area contributed by atoms with Crippen LogP contribution in [0, 0.1) is 17.2 Å². The van der Waals surface area contributed by atoms with Gasteiger partial charge in [-0.2, -0.15) is 5.26 Å². The van der Waals surface area contributed by atoms with E-state index in [2.05, 4.69) is 11.4 Å². The predicted molar refractivity (Wildman–Crippen MR) is 87.7 cm³/mol. The van der Waals surface area contributed by atoms with E-state index in [1.807, 2.05) is 13.8 Å². The molecule has 7 heteroatoms. The van der Waals surface area contributed by atoms with E-state index in [1.54, 1.807) is 6.92 Å². The molecule has 1 aromatic rings. The van der Waals surface area contributed by atoms with Gasteiger partial charge < -0.3 is 15.8 Å². The predicted octanol–water partition coefficient (Wildman–Crippen LogP) is 2.52. The number of hydrogen-bond donors (Lipinski definition) is 2. The van der Waals surface area contributed by atoms with Crippen molar-refractivity contribution >= 4 is 29.2 Å². The first-order valence-corrected chi connectivity index (χ1v) is 7.47. The van der Waals surface area contributed by atoms with Crippen LogP contribution in [0.25, 0.3) is 0 Å². The molecule has 6 nitrogen and oxygen atoms in total. The Labute approximate surface area is 140 Å². The molecule has 0 fully saturated rings. The van der Waals surface area contributed by atoms with E-state index >= 15 is 0 Å². The number of nitrogens with zero attached hydrogens (tertiary/aromatic N) is 1. The third-order valence-corrected chi connectivity index (χ3v) is 3.89. The van der Waals surface area contributed by atoms with Crippen molar-refractivity contribution in [1.29, 1.82) is 5.26 Å². The van der Waals surface area contributed by atoms with E-state index in [0.29, 0.717) is 5.02 Å². The molecule has 0 aromatic heterocycles. The van der Waals surface area contributed by atoms with Crippen molar-refractivity contribution in [3.8, 4) is 6.07 Å². The number of benzene rings is 1. The van der Waals surface area contributed by atoms with Gasteiger partial charge >= 0.3 is 5.97 Å². The van der Waals surface area contributed by atoms with Crippen LogP contribution in [0.5, 0.6) is 0 Å². The summed E-state index contributed by atoms with van der Waals surface area (Å²) in [6.45, 7) is 6.67. The summed E-state index contributed by atoms with van der Waals surface area (Å²) in [6, 6.07) is 6.42. The number of hydrogen-bond acceptors (Lipinski definition) is 5. The van der Waals surface area contributed by atoms with Gasteiger partial charge in [-0.05, 0) is 38.0 Å². The molecule has 0 aliphatic rings. The summed E-state index contributed by atoms with van der Waals surface area (Å²) in [5, 5.41) is 12.2. The number of rotatable bonds is 5. The lowest BCUT2D eigenvalue weighted by molar-refractivity contribution is -0.130. The second-order valence-electron chi connectivity index (χ2n) is 5.74. The van der Waals surface area contributed by atoms with Crippen LogP contribution >= 0.6 is 11.6 Å². The van der Waals surface area contributed by atoms with Crippen LogP contribution in [0.15, 0.2) is 18.2 Å². The highest BCUT2D eigenvalue weighted by molar-refractivity contribution is 6.31. The number of carbonyl (C=O) groups excluding carboxylic acids is 2. The molecule has 3 N–H and O–H groups in total. The van der Waals surface area contributed by atoms with Crippen molar-refractivity contribution in [3.63, 3.8) is 0 Å². The zero-order valence-corrected chi connectivity index (χ0v) is 14.3. The summed E-state index contributed by atoms with van der Waals surface area (Å²) < 4.78 is 5.11. The third-order valence-electron chi connectivity index (χ3n) is 3.66. The summed E-state index contributed by atoms with van der Waals surface area (Å²) in [6.07, 6.45) is -1.07. The number of carbonyl (C=O) groups is 2. The van der Waals surface area contributed by atoms with E-state index in [4.69, 9.17) is 22.1 Å². The van der Waals surface area contributed by atoms with E-state index in [9.17, 15) is 14.9 Å². The lowest BCUT2D eigenvalue weighted by Crippen LogP contribution is -2.52. The van der Waals surface area contributed by atoms with Gasteiger partial charge in [-0.15, -0.1) is 0 Å². The fraction of sp³-hybridized carbons (Fsp3) is 0.438. The number of anilines is 1. The Kier molecular flexibility index (Phi) is 5.99. The summed E-state index contributed by atoms with van der Waals surface area (Å²) in [7, 11) is 0. The monoisotopic (exact) mass is 337 g/mol. The first-order valence-electron chi connectivity index (χ1n) is 7.10. The van der Waals surface area contributed by atoms with Crippen LogP contribution in [-0.4, -0.2) is 23.5 Å². The molecular formula is C16H20ClN3O3. The molecule has 0 saturated carbocycles. The van der Waals surface area contributed by atoms with Crippen LogP contribution in [0.1, 0.15) is 38.1 Å². The first kappa shape index (κ1) is 18.8. The minimum atomic E-state index is -1.07. The minimum Gasteiger partial charge on any atom is -0.449 e. The smallest absolute Gasteiger partial charge is 0.341 e. The van der Waals surface area contributed by atoms with E-state index < -0.39 is 23.5 Å². The highest BCUT2D eigenvalue weighted by Crippen LogP contribution is 2.20. The van der Waals surface area contributed by atoms with Gasteiger partial charge in [0.2, 0.25) is 0 Å². The minimum absolute atomic E-state index is 0.105. The number of nitrogens with two attached hydrogens (primary N) is 1. The van der Waals surface area contributed by atoms with Crippen LogP contribution in [0.2, 0.25) is 5.02 Å². The lowest BCUT2D eigenvalue weighted by Gasteiger charge is -2.28. The zero-order chi connectivity index (χ0) is 17.8. The molecule has 0 bridgehead atoms. The quantitative estimate of drug-likeness (QED) is 0.634. The number of nitrogen functional groups attached to an aromatic ring is 1. The molecule has 0 heterocycles. The normalized spacial score (nSPS) is 14.5. The number of nitriles is 1. The Morgan fingerprint density at radius 3 is 2.48 bits per heavy atom. The molecule has 0 aliphatic heterocycles. The maximum absolute atomic E-state index is 12.1. The maximum Gasteiger partial charge on any atom is 0.341 e. The van der Waals surface area contributed by atoms with Crippen molar-refractivity contribution in [2.24, 2.45) is 5.92 Å². The van der Waals surface area contributed by atoms with Gasteiger partial charge in [0, 0.05) is 10.7 Å². The average Bonchev–Trinajstić information content (AvgIpc) is 2.46. The van der Waals surface area contributed by atoms with E-state index in [0.717, 1.165) is 0 Å². The zero-order valence-electron chi connectivity index (χ0n) is 13.5. The molecule has 2 atom stereocenters. The van der Waals surface area contributed by atoms with Gasteiger partial charge in [-0.1, -0.05) is 25.4 Å². The number of halogens is 1. The van der Waals surface area contributed by atoms with Crippen molar-refractivity contribution in [3.05, 3.63) is 28.8 Å². The second kappa shape index (κ2) is 7.34. The van der Waals surface area contributed by atoms with Crippen molar-refractivity contribution in [1.82, 2.24) is 5.32 Å². The lowest BCUT2D eigenvalue weighted by atomic mass is 9.90. The summed E-state index contributed by atoms with van der Waals surface area (Å²) in [5.74, 6) is -1.39. The Bertz CT molecular complexity index is 654. The van der Waals surface area contributed by atoms with Gasteiger partial charge in [0.15, 0.2) is 6.10 Å². The highest BCUT2D eigenvalue weighted by atomic mass is 35.5. The fourth-order valence-corrected chi connectivity index (χ4v) is 1.84. The molecule has 124 valence electrons. The molecule has 0 saturated heterocycles. The number of ether oxygens (including phenoxy) is 1. The SMILES string of the molecule is CC(OC(=O)c1ccc(Cl)cc1N)C(=O)NC(C)(C#N)C(C)C. The van der Waals surface area contributed by atoms with Crippen LogP contribution in [-0.2, 0) is 9.53 Å². The van der Waals surface area contributed by atoms with E-state index in [-0.39, 0.29) is 17.2 Å². The Morgan fingerprint density at radius 2 is 2.00 bits per heavy atom.